The topological polar surface area (TPSA) is 92.4 Å². The molecule has 1 heterocycles. The van der Waals surface area contributed by atoms with Crippen molar-refractivity contribution in [3.8, 4) is 0 Å². The number of hydrogen-bond acceptors (Lipinski definition) is 5. The average Bonchev–Trinajstić information content (AvgIpc) is 2.89. The highest BCUT2D eigenvalue weighted by molar-refractivity contribution is 7.89. The predicted molar refractivity (Wildman–Crippen MR) is 75.3 cm³/mol. The van der Waals surface area contributed by atoms with E-state index in [4.69, 9.17) is 5.73 Å². The molecule has 108 valence electrons. The molecule has 0 bridgehead atoms. The number of aliphatic hydroxyl groups excluding tert-OH is 1. The fourth-order valence-corrected chi connectivity index (χ4v) is 3.47. The molecule has 1 unspecified atom stereocenters. The Bertz CT molecular complexity index is 687. The summed E-state index contributed by atoms with van der Waals surface area (Å²) in [7, 11) is -3.89. The standard InChI is InChI=1S/C12H13FN2O3S2/c13-9-1-2-12(10(14)5-9)20(17,18)15-6-11(16)8-3-4-19-7-8/h1-5,7,11,15-16H,6,14H2. The molecule has 2 rings (SSSR count). The van der Waals surface area contributed by atoms with Gasteiger partial charge in [-0.1, -0.05) is 0 Å². The Labute approximate surface area is 119 Å². The molecule has 2 aromatic rings. The maximum atomic E-state index is 12.9. The van der Waals surface area contributed by atoms with Crippen molar-refractivity contribution in [3.63, 3.8) is 0 Å². The molecule has 0 fully saturated rings. The van der Waals surface area contributed by atoms with Crippen molar-refractivity contribution in [1.82, 2.24) is 4.72 Å². The van der Waals surface area contributed by atoms with Crippen LogP contribution < -0.4 is 10.5 Å². The van der Waals surface area contributed by atoms with E-state index in [1.165, 1.54) is 11.3 Å². The third kappa shape index (κ3) is 3.34. The molecule has 0 spiro atoms. The monoisotopic (exact) mass is 316 g/mol. The van der Waals surface area contributed by atoms with Gasteiger partial charge in [0.2, 0.25) is 10.0 Å². The lowest BCUT2D eigenvalue weighted by Crippen LogP contribution is -2.29. The molecule has 1 atom stereocenters. The number of sulfonamides is 1. The zero-order chi connectivity index (χ0) is 14.8. The van der Waals surface area contributed by atoms with Crippen molar-refractivity contribution in [2.45, 2.75) is 11.0 Å². The van der Waals surface area contributed by atoms with E-state index in [2.05, 4.69) is 4.72 Å². The van der Waals surface area contributed by atoms with Gasteiger partial charge >= 0.3 is 0 Å². The summed E-state index contributed by atoms with van der Waals surface area (Å²) in [6, 6.07) is 4.74. The molecule has 0 saturated heterocycles. The van der Waals surface area contributed by atoms with Crippen LogP contribution in [0.25, 0.3) is 0 Å². The molecule has 4 N–H and O–H groups in total. The molecular formula is C12H13FN2O3S2. The number of rotatable bonds is 5. The predicted octanol–water partition coefficient (Wildman–Crippen LogP) is 1.48. The molecule has 0 aliphatic heterocycles. The quantitative estimate of drug-likeness (QED) is 0.729. The normalized spacial score (nSPS) is 13.3. The number of halogens is 1. The summed E-state index contributed by atoms with van der Waals surface area (Å²) in [5, 5.41) is 13.3. The van der Waals surface area contributed by atoms with Crippen molar-refractivity contribution in [2.75, 3.05) is 12.3 Å². The summed E-state index contributed by atoms with van der Waals surface area (Å²) >= 11 is 1.40. The first-order chi connectivity index (χ1) is 9.40. The third-order valence-electron chi connectivity index (χ3n) is 2.66. The lowest BCUT2D eigenvalue weighted by atomic mass is 10.2. The van der Waals surface area contributed by atoms with Crippen LogP contribution in [0.15, 0.2) is 39.9 Å². The maximum absolute atomic E-state index is 12.9. The van der Waals surface area contributed by atoms with Gasteiger partial charge in [0.1, 0.15) is 10.7 Å². The van der Waals surface area contributed by atoms with Crippen molar-refractivity contribution < 1.29 is 17.9 Å². The van der Waals surface area contributed by atoms with Crippen LogP contribution in [0.4, 0.5) is 10.1 Å². The van der Waals surface area contributed by atoms with Crippen LogP contribution >= 0.6 is 11.3 Å². The molecule has 20 heavy (non-hydrogen) atoms. The Morgan fingerprint density at radius 3 is 2.75 bits per heavy atom. The van der Waals surface area contributed by atoms with Crippen LogP contribution in [0, 0.1) is 5.82 Å². The van der Waals surface area contributed by atoms with Crippen LogP contribution in [0.3, 0.4) is 0 Å². The van der Waals surface area contributed by atoms with Crippen molar-refractivity contribution >= 4 is 27.0 Å². The van der Waals surface area contributed by atoms with Crippen LogP contribution in [0.1, 0.15) is 11.7 Å². The molecule has 0 radical (unpaired) electrons. The Hall–Kier alpha value is -1.48. The average molecular weight is 316 g/mol. The lowest BCUT2D eigenvalue weighted by molar-refractivity contribution is 0.182. The number of nitrogen functional groups attached to an aromatic ring is 1. The van der Waals surface area contributed by atoms with E-state index < -0.39 is 21.9 Å². The van der Waals surface area contributed by atoms with Gasteiger partial charge in [0.15, 0.2) is 0 Å². The number of nitrogens with two attached hydrogens (primary N) is 1. The number of anilines is 1. The number of thiophene rings is 1. The van der Waals surface area contributed by atoms with Gasteiger partial charge < -0.3 is 10.8 Å². The number of benzene rings is 1. The summed E-state index contributed by atoms with van der Waals surface area (Å²) in [6.07, 6.45) is -0.947. The minimum atomic E-state index is -3.89. The molecule has 0 amide bonds. The van der Waals surface area contributed by atoms with Gasteiger partial charge in [0.25, 0.3) is 0 Å². The first kappa shape index (κ1) is 14.9. The molecule has 5 nitrogen and oxygen atoms in total. The minimum Gasteiger partial charge on any atom is -0.398 e. The molecule has 8 heteroatoms. The lowest BCUT2D eigenvalue weighted by Gasteiger charge is -2.12. The van der Waals surface area contributed by atoms with E-state index in [-0.39, 0.29) is 17.1 Å². The molecule has 0 aliphatic carbocycles. The number of aliphatic hydroxyl groups is 1. The Balaban J connectivity index is 2.11. The summed E-state index contributed by atoms with van der Waals surface area (Å²) in [5.41, 5.74) is 5.94. The second kappa shape index (κ2) is 5.88. The van der Waals surface area contributed by atoms with Crippen molar-refractivity contribution in [1.29, 1.82) is 0 Å². The first-order valence-corrected chi connectivity index (χ1v) is 8.07. The Kier molecular flexibility index (Phi) is 4.39. The van der Waals surface area contributed by atoms with Crippen LogP contribution in [-0.4, -0.2) is 20.1 Å². The van der Waals surface area contributed by atoms with Gasteiger partial charge in [-0.3, -0.25) is 0 Å². The number of hydrogen-bond donors (Lipinski definition) is 3. The second-order valence-corrected chi connectivity index (χ2v) is 6.62. The van der Waals surface area contributed by atoms with Crippen LogP contribution in [-0.2, 0) is 10.0 Å². The molecule has 1 aromatic heterocycles. The van der Waals surface area contributed by atoms with Gasteiger partial charge in [-0.15, -0.1) is 0 Å². The second-order valence-electron chi connectivity index (χ2n) is 4.11. The Morgan fingerprint density at radius 1 is 1.40 bits per heavy atom. The highest BCUT2D eigenvalue weighted by Gasteiger charge is 2.19. The van der Waals surface area contributed by atoms with E-state index in [1.807, 2.05) is 0 Å². The summed E-state index contributed by atoms with van der Waals surface area (Å²) in [4.78, 5) is -0.212. The minimum absolute atomic E-state index is 0.178. The summed E-state index contributed by atoms with van der Waals surface area (Å²) in [6.45, 7) is -0.185. The fraction of sp³-hybridized carbons (Fsp3) is 0.167. The van der Waals surface area contributed by atoms with Crippen molar-refractivity contribution in [3.05, 3.63) is 46.4 Å². The molecule has 0 saturated carbocycles. The highest BCUT2D eigenvalue weighted by Crippen LogP contribution is 2.20. The maximum Gasteiger partial charge on any atom is 0.242 e. The molecular weight excluding hydrogens is 303 g/mol. The van der Waals surface area contributed by atoms with Gasteiger partial charge in [-0.2, -0.15) is 11.3 Å². The number of nitrogens with one attached hydrogen (secondary N) is 1. The van der Waals surface area contributed by atoms with Gasteiger partial charge in [0, 0.05) is 6.54 Å². The van der Waals surface area contributed by atoms with E-state index >= 15 is 0 Å². The van der Waals surface area contributed by atoms with E-state index in [0.29, 0.717) is 5.56 Å². The molecule has 1 aromatic carbocycles. The third-order valence-corrected chi connectivity index (χ3v) is 4.85. The van der Waals surface area contributed by atoms with Crippen LogP contribution in [0.5, 0.6) is 0 Å². The summed E-state index contributed by atoms with van der Waals surface area (Å²) in [5.74, 6) is -0.611. The van der Waals surface area contributed by atoms with Crippen molar-refractivity contribution in [2.24, 2.45) is 0 Å². The molecule has 0 aliphatic rings. The largest absolute Gasteiger partial charge is 0.398 e. The van der Waals surface area contributed by atoms with E-state index in [9.17, 15) is 17.9 Å². The SMILES string of the molecule is Nc1cc(F)ccc1S(=O)(=O)NCC(O)c1ccsc1. The van der Waals surface area contributed by atoms with E-state index in [0.717, 1.165) is 18.2 Å². The van der Waals surface area contributed by atoms with Gasteiger partial charge in [-0.25, -0.2) is 17.5 Å². The van der Waals surface area contributed by atoms with Gasteiger partial charge in [-0.05, 0) is 40.6 Å². The van der Waals surface area contributed by atoms with Crippen LogP contribution in [0.2, 0.25) is 0 Å². The van der Waals surface area contributed by atoms with E-state index in [1.54, 1.807) is 16.8 Å². The smallest absolute Gasteiger partial charge is 0.242 e. The Morgan fingerprint density at radius 2 is 2.15 bits per heavy atom. The zero-order valence-electron chi connectivity index (χ0n) is 10.3. The highest BCUT2D eigenvalue weighted by atomic mass is 32.2. The van der Waals surface area contributed by atoms with Gasteiger partial charge in [0.05, 0.1) is 11.8 Å². The zero-order valence-corrected chi connectivity index (χ0v) is 11.9. The summed E-state index contributed by atoms with van der Waals surface area (Å²) < 4.78 is 39.2. The first-order valence-electron chi connectivity index (χ1n) is 5.65. The fourth-order valence-electron chi connectivity index (χ4n) is 1.61.